The van der Waals surface area contributed by atoms with Gasteiger partial charge in [-0.3, -0.25) is 9.59 Å². The summed E-state index contributed by atoms with van der Waals surface area (Å²) in [5.74, 6) is 0.227. The van der Waals surface area contributed by atoms with Crippen molar-refractivity contribution in [2.75, 3.05) is 5.32 Å². The average Bonchev–Trinajstić information content (AvgIpc) is 3.56. The quantitative estimate of drug-likeness (QED) is 0.236. The number of hydrazone groups is 1. The van der Waals surface area contributed by atoms with Gasteiger partial charge in [-0.1, -0.05) is 70.4 Å². The number of nitrogens with zero attached hydrogens (tertiary/aromatic N) is 1. The molecule has 1 fully saturated rings. The van der Waals surface area contributed by atoms with E-state index in [0.29, 0.717) is 6.42 Å². The smallest absolute Gasteiger partial charge is 0.240 e. The van der Waals surface area contributed by atoms with Crippen molar-refractivity contribution in [3.8, 4) is 0 Å². The number of benzene rings is 1. The zero-order valence-electron chi connectivity index (χ0n) is 18.1. The molecule has 0 aromatic heterocycles. The summed E-state index contributed by atoms with van der Waals surface area (Å²) in [4.78, 5) is 23.9. The lowest BCUT2D eigenvalue weighted by molar-refractivity contribution is -0.121. The fourth-order valence-corrected chi connectivity index (χ4v) is 3.27. The highest BCUT2D eigenvalue weighted by atomic mass is 16.2. The van der Waals surface area contributed by atoms with Gasteiger partial charge in [-0.05, 0) is 43.9 Å². The molecule has 5 heteroatoms. The zero-order chi connectivity index (χ0) is 20.9. The Morgan fingerprint density at radius 1 is 1.00 bits per heavy atom. The summed E-state index contributed by atoms with van der Waals surface area (Å²) in [6.07, 6.45) is 13.6. The van der Waals surface area contributed by atoms with Crippen molar-refractivity contribution in [2.45, 2.75) is 90.9 Å². The van der Waals surface area contributed by atoms with E-state index < -0.39 is 0 Å². The highest BCUT2D eigenvalue weighted by molar-refractivity contribution is 6.01. The van der Waals surface area contributed by atoms with Crippen LogP contribution in [0.2, 0.25) is 0 Å². The molecule has 160 valence electrons. The van der Waals surface area contributed by atoms with Crippen LogP contribution in [-0.4, -0.2) is 17.5 Å². The minimum atomic E-state index is -0.0366. The SMILES string of the molecule is CCCCCCCCCCCC(=O)N/N=C(\C)c1cccc(NC(=O)C2CC2)c1. The third kappa shape index (κ3) is 9.73. The molecular weight excluding hydrogens is 362 g/mol. The van der Waals surface area contributed by atoms with Crippen LogP contribution in [0.15, 0.2) is 29.4 Å². The molecule has 0 aliphatic heterocycles. The van der Waals surface area contributed by atoms with E-state index in [-0.39, 0.29) is 17.7 Å². The summed E-state index contributed by atoms with van der Waals surface area (Å²) < 4.78 is 0. The van der Waals surface area contributed by atoms with Crippen LogP contribution in [0.5, 0.6) is 0 Å². The molecule has 5 nitrogen and oxygen atoms in total. The molecule has 2 rings (SSSR count). The monoisotopic (exact) mass is 399 g/mol. The largest absolute Gasteiger partial charge is 0.326 e. The molecule has 1 aliphatic rings. The summed E-state index contributed by atoms with van der Waals surface area (Å²) in [7, 11) is 0. The fraction of sp³-hybridized carbons (Fsp3) is 0.625. The van der Waals surface area contributed by atoms with Gasteiger partial charge in [0.2, 0.25) is 11.8 Å². The maximum atomic E-state index is 12.0. The van der Waals surface area contributed by atoms with Gasteiger partial charge in [0.1, 0.15) is 0 Å². The van der Waals surface area contributed by atoms with Gasteiger partial charge in [0.15, 0.2) is 0 Å². The highest BCUT2D eigenvalue weighted by Gasteiger charge is 2.29. The first-order chi connectivity index (χ1) is 14.1. The number of hydrogen-bond acceptors (Lipinski definition) is 3. The molecule has 29 heavy (non-hydrogen) atoms. The third-order valence-corrected chi connectivity index (χ3v) is 5.35. The Morgan fingerprint density at radius 3 is 2.31 bits per heavy atom. The summed E-state index contributed by atoms with van der Waals surface area (Å²) in [6.45, 7) is 4.10. The molecule has 0 unspecified atom stereocenters. The molecule has 2 N–H and O–H groups in total. The lowest BCUT2D eigenvalue weighted by Crippen LogP contribution is -2.19. The Labute approximate surface area is 175 Å². The van der Waals surface area contributed by atoms with Gasteiger partial charge in [-0.2, -0.15) is 5.10 Å². The molecular formula is C24H37N3O2. The van der Waals surface area contributed by atoms with Crippen molar-refractivity contribution in [1.29, 1.82) is 0 Å². The van der Waals surface area contributed by atoms with Crippen molar-refractivity contribution in [1.82, 2.24) is 5.43 Å². The molecule has 0 saturated heterocycles. The number of unbranched alkanes of at least 4 members (excludes halogenated alkanes) is 8. The molecule has 0 heterocycles. The second-order valence-corrected chi connectivity index (χ2v) is 8.15. The van der Waals surface area contributed by atoms with Crippen molar-refractivity contribution < 1.29 is 9.59 Å². The van der Waals surface area contributed by atoms with Crippen molar-refractivity contribution in [2.24, 2.45) is 11.0 Å². The molecule has 1 aromatic rings. The molecule has 2 amide bonds. The molecule has 0 radical (unpaired) electrons. The maximum absolute atomic E-state index is 12.0. The van der Waals surface area contributed by atoms with Gasteiger partial charge in [-0.25, -0.2) is 5.43 Å². The number of hydrogen-bond donors (Lipinski definition) is 2. The minimum Gasteiger partial charge on any atom is -0.326 e. The van der Waals surface area contributed by atoms with Crippen LogP contribution in [0.1, 0.15) is 96.5 Å². The van der Waals surface area contributed by atoms with E-state index in [4.69, 9.17) is 0 Å². The summed E-state index contributed by atoms with van der Waals surface area (Å²) in [5, 5.41) is 7.16. The molecule has 0 bridgehead atoms. The van der Waals surface area contributed by atoms with Gasteiger partial charge < -0.3 is 5.32 Å². The predicted molar refractivity (Wildman–Crippen MR) is 120 cm³/mol. The van der Waals surface area contributed by atoms with Gasteiger partial charge in [0.25, 0.3) is 0 Å². The van der Waals surface area contributed by atoms with Crippen molar-refractivity contribution in [3.05, 3.63) is 29.8 Å². The lowest BCUT2D eigenvalue weighted by atomic mass is 10.1. The van der Waals surface area contributed by atoms with Crippen LogP contribution in [0.4, 0.5) is 5.69 Å². The average molecular weight is 400 g/mol. The number of carbonyl (C=O) groups is 2. The molecule has 0 spiro atoms. The second-order valence-electron chi connectivity index (χ2n) is 8.15. The first-order valence-corrected chi connectivity index (χ1v) is 11.3. The first kappa shape index (κ1) is 23.1. The Bertz CT molecular complexity index is 680. The van der Waals surface area contributed by atoms with E-state index in [0.717, 1.165) is 42.6 Å². The Morgan fingerprint density at radius 2 is 1.66 bits per heavy atom. The number of rotatable bonds is 14. The zero-order valence-corrected chi connectivity index (χ0v) is 18.1. The standard InChI is InChI=1S/C24H37N3O2/c1-3-4-5-6-7-8-9-10-11-15-23(28)27-26-19(2)21-13-12-14-22(18-21)25-24(29)20-16-17-20/h12-14,18,20H,3-11,15-17H2,1-2H3,(H,25,29)(H,27,28)/b26-19+. The van der Waals surface area contributed by atoms with Crippen molar-refractivity contribution in [3.63, 3.8) is 0 Å². The maximum Gasteiger partial charge on any atom is 0.240 e. The van der Waals surface area contributed by atoms with Crippen LogP contribution in [-0.2, 0) is 9.59 Å². The van der Waals surface area contributed by atoms with E-state index in [2.05, 4.69) is 22.8 Å². The van der Waals surface area contributed by atoms with Crippen molar-refractivity contribution >= 4 is 23.2 Å². The van der Waals surface area contributed by atoms with E-state index in [1.807, 2.05) is 31.2 Å². The fourth-order valence-electron chi connectivity index (χ4n) is 3.27. The van der Waals surface area contributed by atoms with Gasteiger partial charge in [0, 0.05) is 18.0 Å². The van der Waals surface area contributed by atoms with E-state index in [1.54, 1.807) is 0 Å². The highest BCUT2D eigenvalue weighted by Crippen LogP contribution is 2.30. The number of nitrogens with one attached hydrogen (secondary N) is 2. The summed E-state index contributed by atoms with van der Waals surface area (Å²) in [6, 6.07) is 7.59. The molecule has 1 saturated carbocycles. The molecule has 0 atom stereocenters. The van der Waals surface area contributed by atoms with Crippen LogP contribution in [0, 0.1) is 5.92 Å². The van der Waals surface area contributed by atoms with E-state index >= 15 is 0 Å². The molecule has 1 aliphatic carbocycles. The van der Waals surface area contributed by atoms with Crippen LogP contribution < -0.4 is 10.7 Å². The normalized spacial score (nSPS) is 13.9. The second kappa shape index (κ2) is 13.1. The number of amides is 2. The predicted octanol–water partition coefficient (Wildman–Crippen LogP) is 5.80. The Kier molecular flexibility index (Phi) is 10.5. The molecule has 1 aromatic carbocycles. The summed E-state index contributed by atoms with van der Waals surface area (Å²) >= 11 is 0. The minimum absolute atomic E-state index is 0.0366. The van der Waals surface area contributed by atoms with E-state index in [9.17, 15) is 9.59 Å². The third-order valence-electron chi connectivity index (χ3n) is 5.35. The first-order valence-electron chi connectivity index (χ1n) is 11.3. The number of anilines is 1. The Balaban J connectivity index is 1.63. The lowest BCUT2D eigenvalue weighted by Gasteiger charge is -2.07. The van der Waals surface area contributed by atoms with Crippen LogP contribution >= 0.6 is 0 Å². The van der Waals surface area contributed by atoms with E-state index in [1.165, 1.54) is 44.9 Å². The number of carbonyl (C=O) groups excluding carboxylic acids is 2. The topological polar surface area (TPSA) is 70.6 Å². The van der Waals surface area contributed by atoms with Gasteiger partial charge >= 0.3 is 0 Å². The van der Waals surface area contributed by atoms with Gasteiger partial charge in [0.05, 0.1) is 5.71 Å². The Hall–Kier alpha value is -2.17. The van der Waals surface area contributed by atoms with Crippen LogP contribution in [0.3, 0.4) is 0 Å². The summed E-state index contributed by atoms with van der Waals surface area (Å²) in [5.41, 5.74) is 5.05. The van der Waals surface area contributed by atoms with Crippen LogP contribution in [0.25, 0.3) is 0 Å². The van der Waals surface area contributed by atoms with Gasteiger partial charge in [-0.15, -0.1) is 0 Å².